The van der Waals surface area contributed by atoms with E-state index >= 15 is 0 Å². The van der Waals surface area contributed by atoms with Crippen LogP contribution < -0.4 is 10.6 Å². The van der Waals surface area contributed by atoms with Gasteiger partial charge >= 0.3 is 0 Å². The molecule has 1 aromatic rings. The van der Waals surface area contributed by atoms with Crippen LogP contribution in [-0.4, -0.2) is 24.4 Å². The van der Waals surface area contributed by atoms with E-state index in [4.69, 9.17) is 0 Å². The molecule has 0 spiro atoms. The van der Waals surface area contributed by atoms with Gasteiger partial charge in [0, 0.05) is 11.6 Å². The van der Waals surface area contributed by atoms with Gasteiger partial charge in [0.1, 0.15) is 0 Å². The van der Waals surface area contributed by atoms with Crippen LogP contribution in [0.5, 0.6) is 0 Å². The summed E-state index contributed by atoms with van der Waals surface area (Å²) in [6.45, 7) is 2.21. The lowest BCUT2D eigenvalue weighted by Crippen LogP contribution is -2.45. The van der Waals surface area contributed by atoms with Crippen molar-refractivity contribution < 1.29 is 9.59 Å². The maximum atomic E-state index is 11.9. The summed E-state index contributed by atoms with van der Waals surface area (Å²) in [6, 6.07) is 9.18. The largest absolute Gasteiger partial charge is 0.352 e. The summed E-state index contributed by atoms with van der Waals surface area (Å²) >= 11 is 0. The minimum Gasteiger partial charge on any atom is -0.352 e. The molecule has 0 saturated heterocycles. The van der Waals surface area contributed by atoms with Crippen LogP contribution in [-0.2, 0) is 4.79 Å². The summed E-state index contributed by atoms with van der Waals surface area (Å²) < 4.78 is 0. The fraction of sp³-hybridized carbons (Fsp3) is 0.500. The number of nitrogens with one attached hydrogen (secondary N) is 2. The number of hydrogen-bond acceptors (Lipinski definition) is 2. The standard InChI is InChI=1S/C16H22N2O2/c1-12-7-5-6-10-14(12)18-15(19)11-17-16(20)13-8-3-2-4-9-13/h2-4,8-9,12,14H,5-7,10-11H2,1H3,(H,17,20)(H,18,19). The van der Waals surface area contributed by atoms with Crippen molar-refractivity contribution in [2.45, 2.75) is 38.6 Å². The fourth-order valence-corrected chi connectivity index (χ4v) is 2.64. The molecule has 20 heavy (non-hydrogen) atoms. The zero-order valence-corrected chi connectivity index (χ0v) is 11.9. The van der Waals surface area contributed by atoms with E-state index in [-0.39, 0.29) is 24.4 Å². The Morgan fingerprint density at radius 2 is 1.85 bits per heavy atom. The fourth-order valence-electron chi connectivity index (χ4n) is 2.64. The van der Waals surface area contributed by atoms with E-state index < -0.39 is 0 Å². The number of benzene rings is 1. The predicted molar refractivity (Wildman–Crippen MR) is 78.3 cm³/mol. The Labute approximate surface area is 119 Å². The Hall–Kier alpha value is -1.84. The second kappa shape index (κ2) is 7.08. The average Bonchev–Trinajstić information content (AvgIpc) is 2.48. The molecule has 2 amide bonds. The molecule has 0 radical (unpaired) electrons. The van der Waals surface area contributed by atoms with Crippen molar-refractivity contribution in [3.8, 4) is 0 Å². The molecule has 1 aromatic carbocycles. The first-order chi connectivity index (χ1) is 9.66. The third-order valence-electron chi connectivity index (χ3n) is 3.90. The third-order valence-corrected chi connectivity index (χ3v) is 3.90. The number of carbonyl (C=O) groups is 2. The van der Waals surface area contributed by atoms with Gasteiger partial charge in [-0.2, -0.15) is 0 Å². The highest BCUT2D eigenvalue weighted by atomic mass is 16.2. The average molecular weight is 274 g/mol. The quantitative estimate of drug-likeness (QED) is 0.883. The highest BCUT2D eigenvalue weighted by Crippen LogP contribution is 2.23. The van der Waals surface area contributed by atoms with E-state index in [1.807, 2.05) is 6.07 Å². The van der Waals surface area contributed by atoms with Crippen LogP contribution in [0.1, 0.15) is 43.0 Å². The number of hydrogen-bond donors (Lipinski definition) is 2. The lowest BCUT2D eigenvalue weighted by Gasteiger charge is -2.29. The van der Waals surface area contributed by atoms with Gasteiger partial charge in [-0.25, -0.2) is 0 Å². The molecule has 0 aromatic heterocycles. The highest BCUT2D eigenvalue weighted by molar-refractivity contribution is 5.96. The van der Waals surface area contributed by atoms with Gasteiger partial charge in [0.25, 0.3) is 5.91 Å². The molecule has 0 aliphatic heterocycles. The zero-order valence-electron chi connectivity index (χ0n) is 11.9. The molecular weight excluding hydrogens is 252 g/mol. The molecule has 2 rings (SSSR count). The lowest BCUT2D eigenvalue weighted by molar-refractivity contribution is -0.121. The predicted octanol–water partition coefficient (Wildman–Crippen LogP) is 2.11. The summed E-state index contributed by atoms with van der Waals surface area (Å²) in [7, 11) is 0. The van der Waals surface area contributed by atoms with E-state index in [0.717, 1.165) is 6.42 Å². The summed E-state index contributed by atoms with van der Waals surface area (Å²) in [5.41, 5.74) is 0.575. The smallest absolute Gasteiger partial charge is 0.251 e. The van der Waals surface area contributed by atoms with Gasteiger partial charge in [0.15, 0.2) is 0 Å². The summed E-state index contributed by atoms with van der Waals surface area (Å²) in [5, 5.41) is 5.67. The number of rotatable bonds is 4. The normalized spacial score (nSPS) is 22.1. The Morgan fingerprint density at radius 1 is 1.15 bits per heavy atom. The topological polar surface area (TPSA) is 58.2 Å². The molecule has 1 saturated carbocycles. The van der Waals surface area contributed by atoms with Crippen molar-refractivity contribution in [3.05, 3.63) is 35.9 Å². The minimum atomic E-state index is -0.211. The summed E-state index contributed by atoms with van der Waals surface area (Å²) in [6.07, 6.45) is 4.63. The molecule has 2 N–H and O–H groups in total. The molecular formula is C16H22N2O2. The first kappa shape index (κ1) is 14.6. The SMILES string of the molecule is CC1CCCCC1NC(=O)CNC(=O)c1ccccc1. The van der Waals surface area contributed by atoms with Crippen molar-refractivity contribution >= 4 is 11.8 Å². The van der Waals surface area contributed by atoms with Gasteiger partial charge in [-0.1, -0.05) is 38.0 Å². The third kappa shape index (κ3) is 4.08. The number of amides is 2. The molecule has 4 nitrogen and oxygen atoms in total. The van der Waals surface area contributed by atoms with Crippen molar-refractivity contribution in [2.75, 3.05) is 6.54 Å². The van der Waals surface area contributed by atoms with Gasteiger partial charge in [0.05, 0.1) is 6.54 Å². The molecule has 1 fully saturated rings. The molecule has 4 heteroatoms. The van der Waals surface area contributed by atoms with Gasteiger partial charge in [-0.15, -0.1) is 0 Å². The van der Waals surface area contributed by atoms with Crippen molar-refractivity contribution in [1.82, 2.24) is 10.6 Å². The zero-order chi connectivity index (χ0) is 14.4. The Kier molecular flexibility index (Phi) is 5.16. The van der Waals surface area contributed by atoms with Crippen molar-refractivity contribution in [2.24, 2.45) is 5.92 Å². The maximum Gasteiger partial charge on any atom is 0.251 e. The van der Waals surface area contributed by atoms with Gasteiger partial charge in [-0.05, 0) is 30.9 Å². The van der Waals surface area contributed by atoms with Crippen LogP contribution in [0.15, 0.2) is 30.3 Å². The van der Waals surface area contributed by atoms with Crippen LogP contribution in [0.2, 0.25) is 0 Å². The second-order valence-electron chi connectivity index (χ2n) is 5.48. The molecule has 108 valence electrons. The van der Waals surface area contributed by atoms with E-state index in [1.54, 1.807) is 24.3 Å². The van der Waals surface area contributed by atoms with Crippen LogP contribution >= 0.6 is 0 Å². The first-order valence-electron chi connectivity index (χ1n) is 7.29. The van der Waals surface area contributed by atoms with Gasteiger partial charge < -0.3 is 10.6 Å². The van der Waals surface area contributed by atoms with E-state index in [0.29, 0.717) is 11.5 Å². The second-order valence-corrected chi connectivity index (χ2v) is 5.48. The Bertz CT molecular complexity index is 459. The van der Waals surface area contributed by atoms with Gasteiger partial charge in [0.2, 0.25) is 5.91 Å². The van der Waals surface area contributed by atoms with E-state index in [2.05, 4.69) is 17.6 Å². The van der Waals surface area contributed by atoms with Crippen LogP contribution in [0, 0.1) is 5.92 Å². The molecule has 0 heterocycles. The molecule has 2 unspecified atom stereocenters. The minimum absolute atomic E-state index is 0.0386. The first-order valence-corrected chi connectivity index (χ1v) is 7.29. The summed E-state index contributed by atoms with van der Waals surface area (Å²) in [5.74, 6) is 0.211. The monoisotopic (exact) mass is 274 g/mol. The van der Waals surface area contributed by atoms with Gasteiger partial charge in [-0.3, -0.25) is 9.59 Å². The molecule has 1 aliphatic carbocycles. The Morgan fingerprint density at radius 3 is 2.55 bits per heavy atom. The Balaban J connectivity index is 1.76. The van der Waals surface area contributed by atoms with Crippen molar-refractivity contribution in [1.29, 1.82) is 0 Å². The summed E-state index contributed by atoms with van der Waals surface area (Å²) in [4.78, 5) is 23.7. The van der Waals surface area contributed by atoms with Crippen LogP contribution in [0.25, 0.3) is 0 Å². The highest BCUT2D eigenvalue weighted by Gasteiger charge is 2.22. The van der Waals surface area contributed by atoms with Crippen LogP contribution in [0.4, 0.5) is 0 Å². The molecule has 2 atom stereocenters. The van der Waals surface area contributed by atoms with E-state index in [1.165, 1.54) is 19.3 Å². The van der Waals surface area contributed by atoms with Crippen molar-refractivity contribution in [3.63, 3.8) is 0 Å². The molecule has 0 bridgehead atoms. The maximum absolute atomic E-state index is 11.9. The van der Waals surface area contributed by atoms with E-state index in [9.17, 15) is 9.59 Å². The molecule has 1 aliphatic rings. The number of carbonyl (C=O) groups excluding carboxylic acids is 2. The lowest BCUT2D eigenvalue weighted by atomic mass is 9.86. The van der Waals surface area contributed by atoms with Crippen LogP contribution in [0.3, 0.4) is 0 Å².